The molecular weight excluding hydrogens is 282 g/mol. The Bertz CT molecular complexity index is 548. The highest BCUT2D eigenvalue weighted by atomic mass is 16.5. The summed E-state index contributed by atoms with van der Waals surface area (Å²) in [7, 11) is 1.84. The number of carbonyl (C=O) groups excluding carboxylic acids is 1. The van der Waals surface area contributed by atoms with E-state index in [9.17, 15) is 4.79 Å². The highest BCUT2D eigenvalue weighted by Crippen LogP contribution is 2.26. The van der Waals surface area contributed by atoms with Gasteiger partial charge in [-0.25, -0.2) is 4.79 Å². The summed E-state index contributed by atoms with van der Waals surface area (Å²) in [5.74, 6) is 0.701. The number of ether oxygens (including phenoxy) is 1. The summed E-state index contributed by atoms with van der Waals surface area (Å²) >= 11 is 0. The number of amides is 2. The van der Waals surface area contributed by atoms with Gasteiger partial charge >= 0.3 is 6.03 Å². The number of hydrogen-bond acceptors (Lipinski definition) is 4. The van der Waals surface area contributed by atoms with Crippen molar-refractivity contribution in [1.29, 1.82) is 0 Å². The van der Waals surface area contributed by atoms with Crippen molar-refractivity contribution in [1.82, 2.24) is 19.6 Å². The molecule has 7 heteroatoms. The highest BCUT2D eigenvalue weighted by Gasteiger charge is 2.33. The second-order valence-corrected chi connectivity index (χ2v) is 6.64. The number of nitrogens with zero attached hydrogens (tertiary/aromatic N) is 5. The number of urea groups is 1. The smallest absolute Gasteiger partial charge is 0.324 e. The first kappa shape index (κ1) is 14.0. The molecule has 2 amide bonds. The van der Waals surface area contributed by atoms with E-state index in [0.717, 1.165) is 51.6 Å². The lowest BCUT2D eigenvalue weighted by molar-refractivity contribution is 0.0758. The molecular formula is C15H23N5O2. The van der Waals surface area contributed by atoms with Crippen molar-refractivity contribution in [2.45, 2.75) is 12.5 Å². The maximum Gasteiger partial charge on any atom is 0.324 e. The van der Waals surface area contributed by atoms with E-state index in [1.54, 1.807) is 9.80 Å². The van der Waals surface area contributed by atoms with Crippen molar-refractivity contribution in [3.8, 4) is 0 Å². The molecule has 7 nitrogen and oxygen atoms in total. The second-order valence-electron chi connectivity index (χ2n) is 6.64. The van der Waals surface area contributed by atoms with Crippen LogP contribution in [-0.4, -0.2) is 78.6 Å². The van der Waals surface area contributed by atoms with Crippen molar-refractivity contribution in [2.24, 2.45) is 5.92 Å². The fourth-order valence-corrected chi connectivity index (χ4v) is 3.51. The second kappa shape index (κ2) is 5.55. The summed E-state index contributed by atoms with van der Waals surface area (Å²) in [6.45, 7) is 6.60. The summed E-state index contributed by atoms with van der Waals surface area (Å²) < 4.78 is 7.45. The average molecular weight is 305 g/mol. The molecule has 4 rings (SSSR count). The van der Waals surface area contributed by atoms with Crippen molar-refractivity contribution >= 4 is 11.7 Å². The fourth-order valence-electron chi connectivity index (χ4n) is 3.51. The zero-order valence-electron chi connectivity index (χ0n) is 13.0. The molecule has 0 saturated carbocycles. The third kappa shape index (κ3) is 2.48. The molecule has 1 aromatic rings. The molecule has 0 N–H and O–H groups in total. The van der Waals surface area contributed by atoms with Gasteiger partial charge in [-0.3, -0.25) is 14.5 Å². The molecule has 120 valence electrons. The van der Waals surface area contributed by atoms with Crippen LogP contribution in [0.5, 0.6) is 0 Å². The molecule has 0 bridgehead atoms. The lowest BCUT2D eigenvalue weighted by atomic mass is 10.0. The molecule has 22 heavy (non-hydrogen) atoms. The zero-order chi connectivity index (χ0) is 15.1. The zero-order valence-corrected chi connectivity index (χ0v) is 13.0. The van der Waals surface area contributed by atoms with E-state index in [1.807, 2.05) is 24.1 Å². The minimum Gasteiger partial charge on any atom is -0.381 e. The maximum atomic E-state index is 12.0. The van der Waals surface area contributed by atoms with Gasteiger partial charge in [0.2, 0.25) is 0 Å². The van der Waals surface area contributed by atoms with E-state index in [2.05, 4.69) is 10.00 Å². The number of carbonyl (C=O) groups is 1. The summed E-state index contributed by atoms with van der Waals surface area (Å²) in [5, 5.41) is 4.46. The Hall–Kier alpha value is -1.60. The van der Waals surface area contributed by atoms with Crippen LogP contribution < -0.4 is 4.90 Å². The van der Waals surface area contributed by atoms with Crippen LogP contribution in [0, 0.1) is 5.92 Å². The maximum absolute atomic E-state index is 12.0. The minimum atomic E-state index is 0.0658. The predicted molar refractivity (Wildman–Crippen MR) is 82.0 cm³/mol. The predicted octanol–water partition coefficient (Wildman–Crippen LogP) is 0.648. The highest BCUT2D eigenvalue weighted by molar-refractivity contribution is 5.93. The van der Waals surface area contributed by atoms with E-state index >= 15 is 0 Å². The lowest BCUT2D eigenvalue weighted by Crippen LogP contribution is -2.49. The monoisotopic (exact) mass is 305 g/mol. The quantitative estimate of drug-likeness (QED) is 0.819. The topological polar surface area (TPSA) is 53.8 Å². The fraction of sp³-hybridized carbons (Fsp3) is 0.733. The molecule has 0 aliphatic carbocycles. The van der Waals surface area contributed by atoms with Crippen LogP contribution in [0.4, 0.5) is 10.5 Å². The van der Waals surface area contributed by atoms with Gasteiger partial charge in [0.15, 0.2) is 0 Å². The molecule has 3 aliphatic rings. The van der Waals surface area contributed by atoms with E-state index in [-0.39, 0.29) is 6.03 Å². The number of rotatable bonds is 4. The third-order valence-corrected chi connectivity index (χ3v) is 4.97. The molecule has 1 unspecified atom stereocenters. The van der Waals surface area contributed by atoms with Gasteiger partial charge in [-0.15, -0.1) is 0 Å². The van der Waals surface area contributed by atoms with Gasteiger partial charge in [0.25, 0.3) is 0 Å². The summed E-state index contributed by atoms with van der Waals surface area (Å²) in [6.07, 6.45) is 5.01. The Morgan fingerprint density at radius 1 is 1.36 bits per heavy atom. The molecule has 0 radical (unpaired) electrons. The molecule has 3 fully saturated rings. The van der Waals surface area contributed by atoms with E-state index in [0.29, 0.717) is 12.0 Å². The molecule has 0 aromatic carbocycles. The van der Waals surface area contributed by atoms with Crippen LogP contribution in [0.2, 0.25) is 0 Å². The minimum absolute atomic E-state index is 0.0658. The van der Waals surface area contributed by atoms with Crippen LogP contribution in [0.3, 0.4) is 0 Å². The van der Waals surface area contributed by atoms with Crippen LogP contribution >= 0.6 is 0 Å². The van der Waals surface area contributed by atoms with Crippen LogP contribution in [0.25, 0.3) is 0 Å². The number of hydrogen-bond donors (Lipinski definition) is 0. The SMILES string of the molecule is CN1CCN(c2cnn(C3CN(CC4CCOC4)C3)c2)C1=O. The molecule has 1 aromatic heterocycles. The normalized spacial score (nSPS) is 27.0. The first-order valence-electron chi connectivity index (χ1n) is 8.07. The lowest BCUT2D eigenvalue weighted by Gasteiger charge is -2.40. The van der Waals surface area contributed by atoms with E-state index in [4.69, 9.17) is 4.74 Å². The van der Waals surface area contributed by atoms with Crippen molar-refractivity contribution in [2.75, 3.05) is 57.9 Å². The van der Waals surface area contributed by atoms with Gasteiger partial charge in [-0.05, 0) is 12.3 Å². The summed E-state index contributed by atoms with van der Waals surface area (Å²) in [6, 6.07) is 0.502. The standard InChI is InChI=1S/C15H23N5O2/c1-17-3-4-19(15(17)21)13-6-16-20(10-13)14-8-18(9-14)7-12-2-5-22-11-12/h6,10,12,14H,2-5,7-9,11H2,1H3. The van der Waals surface area contributed by atoms with E-state index < -0.39 is 0 Å². The Balaban J connectivity index is 1.32. The Kier molecular flexibility index (Phi) is 3.54. The van der Waals surface area contributed by atoms with Crippen LogP contribution in [-0.2, 0) is 4.74 Å². The van der Waals surface area contributed by atoms with Gasteiger partial charge in [0.05, 0.1) is 24.5 Å². The molecule has 4 heterocycles. The number of likely N-dealkylation sites (tertiary alicyclic amines) is 1. The number of aromatic nitrogens is 2. The first-order valence-corrected chi connectivity index (χ1v) is 8.07. The first-order chi connectivity index (χ1) is 10.7. The number of anilines is 1. The Labute approximate surface area is 130 Å². The van der Waals surface area contributed by atoms with Crippen molar-refractivity contribution in [3.05, 3.63) is 12.4 Å². The molecule has 0 spiro atoms. The van der Waals surface area contributed by atoms with Gasteiger partial charge in [0.1, 0.15) is 0 Å². The van der Waals surface area contributed by atoms with Gasteiger partial charge in [-0.1, -0.05) is 0 Å². The Morgan fingerprint density at radius 2 is 2.23 bits per heavy atom. The largest absolute Gasteiger partial charge is 0.381 e. The van der Waals surface area contributed by atoms with E-state index in [1.165, 1.54) is 6.42 Å². The van der Waals surface area contributed by atoms with Crippen LogP contribution in [0.15, 0.2) is 12.4 Å². The van der Waals surface area contributed by atoms with Crippen molar-refractivity contribution < 1.29 is 9.53 Å². The summed E-state index contributed by atoms with van der Waals surface area (Å²) in [4.78, 5) is 18.0. The van der Waals surface area contributed by atoms with Gasteiger partial charge in [-0.2, -0.15) is 5.10 Å². The average Bonchev–Trinajstić information content (AvgIpc) is 3.18. The molecule has 3 saturated heterocycles. The third-order valence-electron chi connectivity index (χ3n) is 4.97. The van der Waals surface area contributed by atoms with Gasteiger partial charge < -0.3 is 9.64 Å². The number of likely N-dealkylation sites (N-methyl/N-ethyl adjacent to an activating group) is 1. The molecule has 1 atom stereocenters. The summed E-state index contributed by atoms with van der Waals surface area (Å²) in [5.41, 5.74) is 0.914. The Morgan fingerprint density at radius 3 is 2.91 bits per heavy atom. The van der Waals surface area contributed by atoms with Crippen LogP contribution in [0.1, 0.15) is 12.5 Å². The molecule has 3 aliphatic heterocycles. The van der Waals surface area contributed by atoms with Gasteiger partial charge in [0, 0.05) is 52.6 Å². The van der Waals surface area contributed by atoms with Crippen molar-refractivity contribution in [3.63, 3.8) is 0 Å².